The molecule has 2 aromatic heterocycles. The van der Waals surface area contributed by atoms with E-state index in [1.807, 2.05) is 0 Å². The number of anilines is 1. The molecule has 0 aromatic carbocycles. The second-order valence-electron chi connectivity index (χ2n) is 4.71. The molecule has 3 heterocycles. The zero-order valence-corrected chi connectivity index (χ0v) is 11.8. The van der Waals surface area contributed by atoms with E-state index < -0.39 is 7.74 Å². The van der Waals surface area contributed by atoms with Crippen molar-refractivity contribution in [2.45, 2.75) is 25.2 Å². The standard InChI is InChI=1S/C10H15N6O4P/c11-9-8-10(14-4-13-9)16(5-15-8)7-2-1-6(20-7)3-19-21(12,17)18/h4-7H,1-3H2,(H2,11,13,14)(H3,12,17,18)/t6?,7-/m1/s1. The van der Waals surface area contributed by atoms with E-state index in [0.29, 0.717) is 29.8 Å². The van der Waals surface area contributed by atoms with Crippen LogP contribution in [-0.2, 0) is 9.26 Å². The third-order valence-corrected chi connectivity index (χ3v) is 3.73. The first-order chi connectivity index (χ1) is 9.94. The van der Waals surface area contributed by atoms with Gasteiger partial charge in [0.15, 0.2) is 11.5 Å². The van der Waals surface area contributed by atoms with Gasteiger partial charge in [0.25, 0.3) is 0 Å². The van der Waals surface area contributed by atoms with Gasteiger partial charge in [-0.15, -0.1) is 0 Å². The average molecular weight is 314 g/mol. The number of hydrogen-bond acceptors (Lipinski definition) is 7. The van der Waals surface area contributed by atoms with Gasteiger partial charge >= 0.3 is 7.74 Å². The maximum Gasteiger partial charge on any atom is 0.347 e. The molecule has 21 heavy (non-hydrogen) atoms. The van der Waals surface area contributed by atoms with Crippen LogP contribution in [-0.4, -0.2) is 42.0 Å². The molecule has 1 unspecified atom stereocenters. The second kappa shape index (κ2) is 5.32. The van der Waals surface area contributed by atoms with E-state index in [1.165, 1.54) is 6.33 Å². The number of nitrogens with one attached hydrogen (secondary N) is 1. The average Bonchev–Trinajstić information content (AvgIpc) is 3.02. The molecule has 1 saturated heterocycles. The van der Waals surface area contributed by atoms with Crippen LogP contribution in [0.4, 0.5) is 5.82 Å². The third kappa shape index (κ3) is 3.04. The van der Waals surface area contributed by atoms with E-state index in [-0.39, 0.29) is 18.9 Å². The second-order valence-corrected chi connectivity index (χ2v) is 6.06. The summed E-state index contributed by atoms with van der Waals surface area (Å²) >= 11 is 0. The highest BCUT2D eigenvalue weighted by atomic mass is 31.2. The van der Waals surface area contributed by atoms with Crippen molar-refractivity contribution in [3.63, 3.8) is 0 Å². The Morgan fingerprint density at radius 2 is 2.24 bits per heavy atom. The van der Waals surface area contributed by atoms with E-state index in [9.17, 15) is 0 Å². The van der Waals surface area contributed by atoms with Crippen molar-refractivity contribution in [2.24, 2.45) is 0 Å². The number of aromatic nitrogens is 4. The molecule has 2 aromatic rings. The van der Waals surface area contributed by atoms with Crippen LogP contribution in [0.25, 0.3) is 11.2 Å². The SMILES string of the molecule is N=P(O)(O)OCC1CC[C@H](n2cnc3c(N)ncnc32)O1. The molecule has 0 bridgehead atoms. The van der Waals surface area contributed by atoms with Crippen molar-refractivity contribution in [2.75, 3.05) is 12.3 Å². The van der Waals surface area contributed by atoms with Crippen LogP contribution in [0.1, 0.15) is 19.1 Å². The van der Waals surface area contributed by atoms with Gasteiger partial charge in [0.2, 0.25) is 0 Å². The summed E-state index contributed by atoms with van der Waals surface area (Å²) in [6.45, 7) is -0.0372. The highest BCUT2D eigenvalue weighted by molar-refractivity contribution is 7.47. The molecule has 2 atom stereocenters. The minimum absolute atomic E-state index is 0.0372. The van der Waals surface area contributed by atoms with Crippen LogP contribution in [0.15, 0.2) is 12.7 Å². The maximum atomic E-state index is 8.91. The van der Waals surface area contributed by atoms with E-state index in [0.717, 1.165) is 0 Å². The molecule has 0 saturated carbocycles. The summed E-state index contributed by atoms with van der Waals surface area (Å²) in [5.41, 5.74) is 6.83. The Labute approximate surface area is 119 Å². The number of imidazole rings is 1. The summed E-state index contributed by atoms with van der Waals surface area (Å²) in [7, 11) is -3.98. The number of ether oxygens (including phenoxy) is 1. The number of nitrogens with two attached hydrogens (primary N) is 1. The predicted molar refractivity (Wildman–Crippen MR) is 72.9 cm³/mol. The molecule has 3 rings (SSSR count). The first-order valence-electron chi connectivity index (χ1n) is 6.27. The smallest absolute Gasteiger partial charge is 0.347 e. The van der Waals surface area contributed by atoms with Crippen LogP contribution in [0.2, 0.25) is 0 Å². The number of fused-ring (bicyclic) bond motifs is 1. The fourth-order valence-electron chi connectivity index (χ4n) is 2.28. The Morgan fingerprint density at radius 1 is 1.43 bits per heavy atom. The number of rotatable bonds is 4. The van der Waals surface area contributed by atoms with E-state index in [4.69, 9.17) is 25.4 Å². The molecular weight excluding hydrogens is 299 g/mol. The molecule has 1 aliphatic rings. The topological polar surface area (TPSA) is 152 Å². The van der Waals surface area contributed by atoms with E-state index in [1.54, 1.807) is 10.9 Å². The summed E-state index contributed by atoms with van der Waals surface area (Å²) in [4.78, 5) is 30.0. The molecule has 5 N–H and O–H groups in total. The predicted octanol–water partition coefficient (Wildman–Crippen LogP) is 0.612. The fourth-order valence-corrected chi connectivity index (χ4v) is 2.66. The summed E-state index contributed by atoms with van der Waals surface area (Å²) in [5, 5.41) is 6.92. The van der Waals surface area contributed by atoms with Crippen molar-refractivity contribution < 1.29 is 19.0 Å². The molecule has 10 nitrogen and oxygen atoms in total. The van der Waals surface area contributed by atoms with Crippen molar-refractivity contribution >= 4 is 24.7 Å². The summed E-state index contributed by atoms with van der Waals surface area (Å²) in [5.74, 6) is 0.306. The first-order valence-corrected chi connectivity index (χ1v) is 7.88. The van der Waals surface area contributed by atoms with Crippen molar-refractivity contribution in [3.8, 4) is 0 Å². The van der Waals surface area contributed by atoms with E-state index in [2.05, 4.69) is 19.5 Å². The minimum atomic E-state index is -3.98. The summed E-state index contributed by atoms with van der Waals surface area (Å²) in [6.07, 6.45) is 3.73. The van der Waals surface area contributed by atoms with E-state index >= 15 is 0 Å². The van der Waals surface area contributed by atoms with Gasteiger partial charge in [-0.05, 0) is 12.8 Å². The van der Waals surface area contributed by atoms with Gasteiger partial charge in [0.05, 0.1) is 19.0 Å². The van der Waals surface area contributed by atoms with Crippen LogP contribution in [0, 0.1) is 5.16 Å². The molecule has 0 amide bonds. The lowest BCUT2D eigenvalue weighted by Crippen LogP contribution is -2.16. The highest BCUT2D eigenvalue weighted by Gasteiger charge is 2.29. The lowest BCUT2D eigenvalue weighted by molar-refractivity contribution is -0.0186. The Hall–Kier alpha value is -1.58. The van der Waals surface area contributed by atoms with Crippen LogP contribution >= 0.6 is 7.74 Å². The molecule has 0 radical (unpaired) electrons. The Morgan fingerprint density at radius 3 is 3.00 bits per heavy atom. The van der Waals surface area contributed by atoms with Crippen molar-refractivity contribution in [1.29, 1.82) is 5.16 Å². The number of hydrogen-bond donors (Lipinski definition) is 4. The van der Waals surface area contributed by atoms with Gasteiger partial charge in [-0.1, -0.05) is 0 Å². The fraction of sp³-hybridized carbons (Fsp3) is 0.500. The number of nitrogens with zero attached hydrogens (tertiary/aromatic N) is 4. The van der Waals surface area contributed by atoms with Gasteiger partial charge in [0.1, 0.15) is 18.1 Å². The monoisotopic (exact) mass is 314 g/mol. The van der Waals surface area contributed by atoms with Gasteiger partial charge in [-0.3, -0.25) is 4.57 Å². The zero-order chi connectivity index (χ0) is 15.0. The molecule has 114 valence electrons. The summed E-state index contributed by atoms with van der Waals surface area (Å²) in [6, 6.07) is 0. The van der Waals surface area contributed by atoms with Crippen molar-refractivity contribution in [1.82, 2.24) is 19.5 Å². The Balaban J connectivity index is 1.73. The van der Waals surface area contributed by atoms with Gasteiger partial charge in [-0.2, -0.15) is 0 Å². The first kappa shape index (κ1) is 14.4. The van der Waals surface area contributed by atoms with Crippen LogP contribution < -0.4 is 5.73 Å². The molecule has 1 fully saturated rings. The Bertz CT molecular complexity index is 700. The summed E-state index contributed by atoms with van der Waals surface area (Å²) < 4.78 is 12.2. The van der Waals surface area contributed by atoms with Crippen LogP contribution in [0.5, 0.6) is 0 Å². The third-order valence-electron chi connectivity index (χ3n) is 3.22. The zero-order valence-electron chi connectivity index (χ0n) is 11.0. The quantitative estimate of drug-likeness (QED) is 0.599. The van der Waals surface area contributed by atoms with Crippen LogP contribution in [0.3, 0.4) is 0 Å². The lowest BCUT2D eigenvalue weighted by Gasteiger charge is -2.16. The molecule has 1 aliphatic heterocycles. The normalized spacial score (nSPS) is 23.0. The minimum Gasteiger partial charge on any atom is -0.382 e. The molecular formula is C10H15N6O4P. The highest BCUT2D eigenvalue weighted by Crippen LogP contribution is 2.39. The largest absolute Gasteiger partial charge is 0.382 e. The van der Waals surface area contributed by atoms with Gasteiger partial charge in [-0.25, -0.2) is 20.1 Å². The molecule has 0 spiro atoms. The Kier molecular flexibility index (Phi) is 3.64. The number of nitrogen functional groups attached to an aromatic ring is 1. The maximum absolute atomic E-state index is 8.91. The van der Waals surface area contributed by atoms with Gasteiger partial charge in [0, 0.05) is 0 Å². The molecule has 0 aliphatic carbocycles. The van der Waals surface area contributed by atoms with Gasteiger partial charge < -0.3 is 24.8 Å². The lowest BCUT2D eigenvalue weighted by atomic mass is 10.2. The molecule has 11 heteroatoms. The van der Waals surface area contributed by atoms with Crippen molar-refractivity contribution in [3.05, 3.63) is 12.7 Å².